The Bertz CT molecular complexity index is 980. The fourth-order valence-corrected chi connectivity index (χ4v) is 3.79. The van der Waals surface area contributed by atoms with Gasteiger partial charge in [0.2, 0.25) is 0 Å². The van der Waals surface area contributed by atoms with Crippen LogP contribution in [0.4, 0.5) is 5.69 Å². The standard InChI is InChI=1S/C17H18.C10H15NS.C3H7N/c1-14(2)17(3,15-10-6-4-7-11-15)16-12-8-5-9-13-16;1-4-9-6-5-7-10(8-9)11-12(2)3;1-3(2)4/h4-13H,1H2,2-3H3;5-8,11H,2,4H2,1,3H3;4H,1-2H3. The molecule has 0 radical (unpaired) electrons. The van der Waals surface area contributed by atoms with E-state index < -0.39 is 0 Å². The molecule has 0 spiro atoms. The van der Waals surface area contributed by atoms with Crippen molar-refractivity contribution in [2.24, 2.45) is 0 Å². The second-order valence-corrected chi connectivity index (χ2v) is 9.91. The number of allylic oxidation sites excluding steroid dienone is 1. The van der Waals surface area contributed by atoms with Crippen molar-refractivity contribution in [3.8, 4) is 0 Å². The molecule has 0 aliphatic carbocycles. The Hall–Kier alpha value is -2.91. The van der Waals surface area contributed by atoms with Crippen LogP contribution in [-0.2, 0) is 11.8 Å². The lowest BCUT2D eigenvalue weighted by Crippen LogP contribution is -2.24. The quantitative estimate of drug-likeness (QED) is 0.216. The highest BCUT2D eigenvalue weighted by Crippen LogP contribution is 2.37. The van der Waals surface area contributed by atoms with Crippen LogP contribution in [0.1, 0.15) is 51.3 Å². The topological polar surface area (TPSA) is 35.9 Å². The van der Waals surface area contributed by atoms with Gasteiger partial charge >= 0.3 is 0 Å². The molecule has 0 fully saturated rings. The Kier molecular flexibility index (Phi) is 12.2. The number of rotatable bonds is 6. The first-order chi connectivity index (χ1) is 15.6. The molecule has 0 saturated carbocycles. The molecule has 0 aliphatic heterocycles. The van der Waals surface area contributed by atoms with E-state index in [9.17, 15) is 0 Å². The van der Waals surface area contributed by atoms with Gasteiger partial charge in [-0.25, -0.2) is 0 Å². The van der Waals surface area contributed by atoms with Crippen molar-refractivity contribution >= 4 is 27.9 Å². The molecule has 0 heterocycles. The summed E-state index contributed by atoms with van der Waals surface area (Å²) in [5, 5.41) is 6.50. The van der Waals surface area contributed by atoms with Crippen LogP contribution in [0, 0.1) is 5.41 Å². The Balaban J connectivity index is 0.000000297. The van der Waals surface area contributed by atoms with Gasteiger partial charge in [0.1, 0.15) is 0 Å². The largest absolute Gasteiger partial charge is 0.336 e. The second-order valence-electron chi connectivity index (χ2n) is 8.43. The predicted molar refractivity (Wildman–Crippen MR) is 153 cm³/mol. The first-order valence-electron chi connectivity index (χ1n) is 11.2. The number of hydrogen-bond acceptors (Lipinski definition) is 2. The van der Waals surface area contributed by atoms with E-state index in [1.165, 1.54) is 22.4 Å². The predicted octanol–water partition coefficient (Wildman–Crippen LogP) is 8.52. The molecule has 1 unspecified atom stereocenters. The van der Waals surface area contributed by atoms with Crippen molar-refractivity contribution in [2.45, 2.75) is 46.5 Å². The average Bonchev–Trinajstić information content (AvgIpc) is 2.79. The minimum absolute atomic E-state index is 0.0232. The summed E-state index contributed by atoms with van der Waals surface area (Å²) in [6, 6.07) is 29.6. The molecule has 3 aromatic carbocycles. The summed E-state index contributed by atoms with van der Waals surface area (Å²) in [6.45, 7) is 14.2. The van der Waals surface area contributed by atoms with Gasteiger partial charge in [0, 0.05) is 16.8 Å². The third-order valence-corrected chi connectivity index (χ3v) is 5.77. The summed E-state index contributed by atoms with van der Waals surface area (Å²) in [4.78, 5) is 0. The highest BCUT2D eigenvalue weighted by atomic mass is 32.2. The highest BCUT2D eigenvalue weighted by Gasteiger charge is 2.29. The molecule has 2 nitrogen and oxygen atoms in total. The third kappa shape index (κ3) is 9.63. The molecule has 3 heteroatoms. The van der Waals surface area contributed by atoms with E-state index in [0.29, 0.717) is 5.71 Å². The number of benzene rings is 3. The molecular weight excluding hydrogens is 420 g/mol. The van der Waals surface area contributed by atoms with Gasteiger partial charge < -0.3 is 10.1 Å². The molecular formula is C30H40N2S. The first kappa shape index (κ1) is 28.1. The van der Waals surface area contributed by atoms with Gasteiger partial charge in [0.05, 0.1) is 0 Å². The minimum Gasteiger partial charge on any atom is -0.336 e. The molecule has 0 aliphatic rings. The van der Waals surface area contributed by atoms with Crippen molar-refractivity contribution in [1.29, 1.82) is 5.41 Å². The summed E-state index contributed by atoms with van der Waals surface area (Å²) in [6.07, 6.45) is 3.16. The SMILES string of the molecule is C=C(C)C(C)(c1ccccc1)c1ccccc1.C=S(C)Nc1cccc(CC)c1.CC(C)=N. The van der Waals surface area contributed by atoms with Gasteiger partial charge in [-0.15, -0.1) is 10.7 Å². The van der Waals surface area contributed by atoms with Gasteiger partial charge in [-0.1, -0.05) is 97.7 Å². The van der Waals surface area contributed by atoms with Crippen LogP contribution in [0.2, 0.25) is 0 Å². The Morgan fingerprint density at radius 1 is 0.879 bits per heavy atom. The van der Waals surface area contributed by atoms with Crippen LogP contribution >= 0.6 is 10.7 Å². The van der Waals surface area contributed by atoms with Crippen LogP contribution in [0.25, 0.3) is 0 Å². The molecule has 0 amide bonds. The molecule has 33 heavy (non-hydrogen) atoms. The van der Waals surface area contributed by atoms with Crippen molar-refractivity contribution < 1.29 is 0 Å². The Labute approximate surface area is 204 Å². The van der Waals surface area contributed by atoms with E-state index in [2.05, 4.69) is 117 Å². The zero-order chi connectivity index (χ0) is 24.9. The summed E-state index contributed by atoms with van der Waals surface area (Å²) >= 11 is 0. The lowest BCUT2D eigenvalue weighted by molar-refractivity contribution is 0.676. The maximum atomic E-state index is 6.50. The van der Waals surface area contributed by atoms with Gasteiger partial charge in [0.25, 0.3) is 0 Å². The number of nitrogens with one attached hydrogen (secondary N) is 2. The molecule has 176 valence electrons. The summed E-state index contributed by atoms with van der Waals surface area (Å²) in [5.74, 6) is 3.91. The van der Waals surface area contributed by atoms with Gasteiger partial charge in [-0.3, -0.25) is 0 Å². The van der Waals surface area contributed by atoms with Crippen LogP contribution in [-0.4, -0.2) is 17.8 Å². The van der Waals surface area contributed by atoms with E-state index in [1.807, 2.05) is 12.1 Å². The van der Waals surface area contributed by atoms with Crippen LogP contribution < -0.4 is 4.72 Å². The molecule has 1 atom stereocenters. The molecule has 2 N–H and O–H groups in total. The van der Waals surface area contributed by atoms with E-state index in [-0.39, 0.29) is 16.1 Å². The van der Waals surface area contributed by atoms with E-state index in [4.69, 9.17) is 5.41 Å². The molecule has 0 aromatic heterocycles. The molecule has 3 aromatic rings. The average molecular weight is 461 g/mol. The molecule has 3 rings (SSSR count). The van der Waals surface area contributed by atoms with Crippen molar-refractivity contribution in [2.75, 3.05) is 11.0 Å². The van der Waals surface area contributed by atoms with Crippen molar-refractivity contribution in [3.63, 3.8) is 0 Å². The fraction of sp³-hybridized carbons (Fsp3) is 0.267. The Morgan fingerprint density at radius 3 is 1.70 bits per heavy atom. The van der Waals surface area contributed by atoms with Gasteiger partial charge in [-0.05, 0) is 69.2 Å². The lowest BCUT2D eigenvalue weighted by Gasteiger charge is -2.31. The lowest BCUT2D eigenvalue weighted by atomic mass is 9.72. The zero-order valence-electron chi connectivity index (χ0n) is 21.1. The normalized spacial score (nSPS) is 11.1. The maximum absolute atomic E-state index is 6.50. The van der Waals surface area contributed by atoms with Crippen molar-refractivity contribution in [3.05, 3.63) is 114 Å². The fourth-order valence-electron chi connectivity index (χ4n) is 3.26. The number of hydrogen-bond donors (Lipinski definition) is 2. The van der Waals surface area contributed by atoms with Crippen molar-refractivity contribution in [1.82, 2.24) is 0 Å². The third-order valence-electron chi connectivity index (χ3n) is 5.18. The number of aryl methyl sites for hydroxylation is 1. The van der Waals surface area contributed by atoms with Gasteiger partial charge in [0.15, 0.2) is 0 Å². The maximum Gasteiger partial charge on any atom is 0.0438 e. The highest BCUT2D eigenvalue weighted by molar-refractivity contribution is 8.14. The first-order valence-corrected chi connectivity index (χ1v) is 13.0. The van der Waals surface area contributed by atoms with Crippen LogP contribution in [0.3, 0.4) is 0 Å². The zero-order valence-corrected chi connectivity index (χ0v) is 21.9. The summed E-state index contributed by atoms with van der Waals surface area (Å²) in [7, 11) is 0.0232. The van der Waals surface area contributed by atoms with E-state index in [0.717, 1.165) is 12.0 Å². The van der Waals surface area contributed by atoms with Crippen LogP contribution in [0.15, 0.2) is 97.1 Å². The monoisotopic (exact) mass is 460 g/mol. The Morgan fingerprint density at radius 2 is 1.33 bits per heavy atom. The second kappa shape index (κ2) is 14.3. The minimum atomic E-state index is -0.109. The smallest absolute Gasteiger partial charge is 0.0438 e. The van der Waals surface area contributed by atoms with E-state index >= 15 is 0 Å². The summed E-state index contributed by atoms with van der Waals surface area (Å²) < 4.78 is 3.30. The van der Waals surface area contributed by atoms with Crippen LogP contribution in [0.5, 0.6) is 0 Å². The number of anilines is 1. The van der Waals surface area contributed by atoms with E-state index in [1.54, 1.807) is 13.8 Å². The molecule has 0 saturated heterocycles. The summed E-state index contributed by atoms with van der Waals surface area (Å²) in [5.41, 5.74) is 6.84. The molecule has 0 bridgehead atoms. The van der Waals surface area contributed by atoms with Gasteiger partial charge in [-0.2, -0.15) is 0 Å².